The van der Waals surface area contributed by atoms with Crippen molar-refractivity contribution in [1.82, 2.24) is 4.98 Å². The number of fused-ring (bicyclic) bond motifs is 2. The van der Waals surface area contributed by atoms with Crippen molar-refractivity contribution in [2.75, 3.05) is 6.54 Å². The molecule has 2 aromatic carbocycles. The van der Waals surface area contributed by atoms with E-state index in [0.717, 1.165) is 71.7 Å². The first-order valence-corrected chi connectivity index (χ1v) is 12.2. The van der Waals surface area contributed by atoms with E-state index in [1.807, 2.05) is 60.9 Å². The Morgan fingerprint density at radius 1 is 0.971 bits per heavy atom. The molecule has 3 aliphatic rings. The zero-order valence-corrected chi connectivity index (χ0v) is 19.5. The van der Waals surface area contributed by atoms with Gasteiger partial charge in [-0.05, 0) is 68.5 Å². The molecule has 0 radical (unpaired) electrons. The number of aliphatic imine (C=N–C) groups is 2. The molecule has 2 aliphatic heterocycles. The number of quaternary nitrogens is 1. The van der Waals surface area contributed by atoms with Crippen LogP contribution >= 0.6 is 0 Å². The minimum atomic E-state index is 0.0291. The number of allylic oxidation sites excluding steroid dienone is 2. The smallest absolute Gasteiger partial charge is 0.264 e. The largest absolute Gasteiger partial charge is 0.439 e. The first-order valence-electron chi connectivity index (χ1n) is 12.2. The number of nitrogens with two attached hydrogens (primary N) is 2. The maximum absolute atomic E-state index is 6.97. The van der Waals surface area contributed by atoms with Crippen molar-refractivity contribution in [2.45, 2.75) is 25.7 Å². The topological polar surface area (TPSA) is 98.9 Å². The summed E-state index contributed by atoms with van der Waals surface area (Å²) < 4.78 is 5.99. The summed E-state index contributed by atoms with van der Waals surface area (Å²) in [6, 6.07) is 19.8. The van der Waals surface area contributed by atoms with E-state index in [0.29, 0.717) is 17.7 Å². The molecule has 1 unspecified atom stereocenters. The lowest BCUT2D eigenvalue weighted by Gasteiger charge is -2.29. The third-order valence-corrected chi connectivity index (χ3v) is 7.28. The van der Waals surface area contributed by atoms with Crippen LogP contribution in [0.1, 0.15) is 31.2 Å². The maximum Gasteiger partial charge on any atom is 0.264 e. The highest BCUT2D eigenvalue weighted by Crippen LogP contribution is 2.41. The Balaban J connectivity index is 1.36. The van der Waals surface area contributed by atoms with Gasteiger partial charge in [-0.1, -0.05) is 24.3 Å². The van der Waals surface area contributed by atoms with Gasteiger partial charge in [-0.15, -0.1) is 4.59 Å². The summed E-state index contributed by atoms with van der Waals surface area (Å²) in [4.78, 5) is 14.3. The molecule has 1 aromatic heterocycles. The van der Waals surface area contributed by atoms with Gasteiger partial charge in [0.2, 0.25) is 11.6 Å². The van der Waals surface area contributed by atoms with Gasteiger partial charge >= 0.3 is 0 Å². The van der Waals surface area contributed by atoms with Gasteiger partial charge in [-0.25, -0.2) is 4.98 Å². The van der Waals surface area contributed by atoms with Gasteiger partial charge in [-0.2, -0.15) is 10.8 Å². The zero-order chi connectivity index (χ0) is 23.8. The average molecular weight is 466 g/mol. The maximum atomic E-state index is 6.97. The molecular formula is C28H29N6O+. The lowest BCUT2D eigenvalue weighted by molar-refractivity contribution is -0.750. The van der Waals surface area contributed by atoms with E-state index < -0.39 is 0 Å². The number of pyridine rings is 1. The third kappa shape index (κ3) is 3.97. The molecule has 176 valence electrons. The second kappa shape index (κ2) is 8.85. The van der Waals surface area contributed by atoms with Crippen molar-refractivity contribution >= 4 is 23.0 Å². The highest BCUT2D eigenvalue weighted by atomic mass is 16.5. The summed E-state index contributed by atoms with van der Waals surface area (Å²) in [5.74, 6) is 10.0. The molecule has 0 saturated heterocycles. The number of para-hydroxylation sites is 1. The van der Waals surface area contributed by atoms with Crippen LogP contribution in [0.2, 0.25) is 0 Å². The van der Waals surface area contributed by atoms with Crippen LogP contribution in [0.5, 0.6) is 11.6 Å². The molecule has 4 N–H and O–H groups in total. The minimum Gasteiger partial charge on any atom is -0.439 e. The number of hydrogen-bond acceptors (Lipinski definition) is 6. The van der Waals surface area contributed by atoms with Gasteiger partial charge in [0.15, 0.2) is 0 Å². The van der Waals surface area contributed by atoms with Crippen molar-refractivity contribution in [1.29, 1.82) is 0 Å². The molecule has 0 bridgehead atoms. The Labute approximate surface area is 204 Å². The van der Waals surface area contributed by atoms with Crippen LogP contribution in [-0.4, -0.2) is 28.2 Å². The lowest BCUT2D eigenvalue weighted by atomic mass is 9.80. The summed E-state index contributed by atoms with van der Waals surface area (Å²) in [6.45, 7) is 0.758. The summed E-state index contributed by atoms with van der Waals surface area (Å²) in [6.07, 6.45) is 9.93. The number of rotatable bonds is 5. The van der Waals surface area contributed by atoms with E-state index in [9.17, 15) is 0 Å². The van der Waals surface area contributed by atoms with Crippen LogP contribution in [0.4, 0.5) is 0 Å². The number of nitrogens with zero attached hydrogens (tertiary/aromatic N) is 4. The van der Waals surface area contributed by atoms with E-state index in [1.165, 1.54) is 0 Å². The van der Waals surface area contributed by atoms with E-state index in [2.05, 4.69) is 17.1 Å². The van der Waals surface area contributed by atoms with Crippen LogP contribution in [-0.2, 0) is 0 Å². The Morgan fingerprint density at radius 2 is 1.77 bits per heavy atom. The molecule has 1 aliphatic carbocycles. The second-order valence-electron chi connectivity index (χ2n) is 9.48. The van der Waals surface area contributed by atoms with Gasteiger partial charge < -0.3 is 10.5 Å². The predicted molar refractivity (Wildman–Crippen MR) is 138 cm³/mol. The Morgan fingerprint density at radius 3 is 2.57 bits per heavy atom. The summed E-state index contributed by atoms with van der Waals surface area (Å²) >= 11 is 0. The molecule has 7 heteroatoms. The molecule has 0 spiro atoms. The number of amidine groups is 1. The van der Waals surface area contributed by atoms with E-state index in [-0.39, 0.29) is 4.59 Å². The van der Waals surface area contributed by atoms with Crippen LogP contribution in [0.15, 0.2) is 94.4 Å². The fraction of sp³-hybridized carbons (Fsp3) is 0.250. The molecular weight excluding hydrogens is 436 g/mol. The van der Waals surface area contributed by atoms with Crippen molar-refractivity contribution < 1.29 is 9.33 Å². The fourth-order valence-electron chi connectivity index (χ4n) is 5.28. The standard InChI is InChI=1S/C28H29N6O/c29-17-19-6-8-21(9-7-19)27-25-18-31-14-15-34(25,30)28(33-27)22-11-10-20-12-13-26(32-24(20)16-22)35-23-4-2-1-3-5-23/h1-5,10-16,18-19,21H,6-9,17,29-30H2/q+1. The van der Waals surface area contributed by atoms with Crippen molar-refractivity contribution in [3.05, 3.63) is 90.0 Å². The molecule has 6 rings (SSSR count). The molecule has 1 atom stereocenters. The average Bonchev–Trinajstić information content (AvgIpc) is 3.22. The molecule has 1 fully saturated rings. The Kier molecular flexibility index (Phi) is 5.53. The van der Waals surface area contributed by atoms with Crippen LogP contribution in [0.3, 0.4) is 0 Å². The second-order valence-corrected chi connectivity index (χ2v) is 9.48. The minimum absolute atomic E-state index is 0.0291. The summed E-state index contributed by atoms with van der Waals surface area (Å²) in [5.41, 5.74) is 9.70. The quantitative estimate of drug-likeness (QED) is 0.409. The normalized spacial score (nSPS) is 25.6. The van der Waals surface area contributed by atoms with Crippen LogP contribution in [0, 0.1) is 11.8 Å². The van der Waals surface area contributed by atoms with Crippen LogP contribution < -0.4 is 16.3 Å². The number of ether oxygens (including phenoxy) is 1. The monoisotopic (exact) mass is 465 g/mol. The molecule has 7 nitrogen and oxygen atoms in total. The molecule has 3 heterocycles. The predicted octanol–water partition coefficient (Wildman–Crippen LogP) is 5.01. The third-order valence-electron chi connectivity index (χ3n) is 7.28. The van der Waals surface area contributed by atoms with Gasteiger partial charge in [0, 0.05) is 17.4 Å². The van der Waals surface area contributed by atoms with E-state index in [1.54, 1.807) is 6.20 Å². The molecule has 3 aromatic rings. The highest BCUT2D eigenvalue weighted by molar-refractivity contribution is 6.02. The van der Waals surface area contributed by atoms with Crippen molar-refractivity contribution in [3.8, 4) is 11.6 Å². The van der Waals surface area contributed by atoms with E-state index in [4.69, 9.17) is 26.3 Å². The lowest BCUT2D eigenvalue weighted by Crippen LogP contribution is -2.53. The molecule has 1 saturated carbocycles. The van der Waals surface area contributed by atoms with E-state index >= 15 is 0 Å². The molecule has 0 amide bonds. The summed E-state index contributed by atoms with van der Waals surface area (Å²) in [5, 5.41) is 1.03. The van der Waals surface area contributed by atoms with Gasteiger partial charge in [0.05, 0.1) is 23.5 Å². The number of aromatic nitrogens is 1. The van der Waals surface area contributed by atoms with Gasteiger partial charge in [-0.3, -0.25) is 4.99 Å². The number of benzene rings is 2. The van der Waals surface area contributed by atoms with Gasteiger partial charge in [0.1, 0.15) is 17.6 Å². The zero-order valence-electron chi connectivity index (χ0n) is 19.5. The number of hydrogen-bond donors (Lipinski definition) is 2. The van der Waals surface area contributed by atoms with Crippen molar-refractivity contribution in [3.63, 3.8) is 0 Å². The summed E-state index contributed by atoms with van der Waals surface area (Å²) in [7, 11) is 0. The highest BCUT2D eigenvalue weighted by Gasteiger charge is 2.46. The first kappa shape index (κ1) is 21.9. The Bertz CT molecular complexity index is 1390. The Hall–Kier alpha value is -3.65. The van der Waals surface area contributed by atoms with Crippen LogP contribution in [0.25, 0.3) is 10.9 Å². The SMILES string of the molecule is NCC1CCC(C2=C3C=NC=C[N+]3(N)C(c3ccc4ccc(Oc5ccccc5)nc4c3)=N2)CC1. The molecule has 35 heavy (non-hydrogen) atoms. The van der Waals surface area contributed by atoms with Gasteiger partial charge in [0.25, 0.3) is 5.84 Å². The fourth-order valence-corrected chi connectivity index (χ4v) is 5.28. The van der Waals surface area contributed by atoms with Crippen molar-refractivity contribution in [2.24, 2.45) is 33.4 Å². The first-order chi connectivity index (χ1) is 17.1.